The number of unbranched alkanes of at least 4 members (excludes halogenated alkanes) is 1. The number of hydrogen-bond donors (Lipinski definition) is 3. The number of nitrogens with one attached hydrogen (secondary N) is 1. The van der Waals surface area contributed by atoms with Gasteiger partial charge in [0.05, 0.1) is 0 Å². The third-order valence-corrected chi connectivity index (χ3v) is 3.81. The van der Waals surface area contributed by atoms with Crippen molar-refractivity contribution >= 4 is 17.2 Å². The average molecular weight is 269 g/mol. The first-order valence-corrected chi connectivity index (χ1v) is 7.18. The molecule has 0 aliphatic rings. The van der Waals surface area contributed by atoms with Gasteiger partial charge in [-0.1, -0.05) is 5.16 Å². The Labute approximate surface area is 113 Å². The molecule has 4 N–H and O–H groups in total. The lowest BCUT2D eigenvalue weighted by atomic mass is 10.2. The molecule has 0 radical (unpaired) electrons. The first kappa shape index (κ1) is 15.0. The fourth-order valence-corrected chi connectivity index (χ4v) is 2.82. The summed E-state index contributed by atoms with van der Waals surface area (Å²) in [6.45, 7) is 5.32. The zero-order valence-corrected chi connectivity index (χ0v) is 12.0. The Bertz CT molecular complexity index is 376. The van der Waals surface area contributed by atoms with Crippen molar-refractivity contribution in [1.29, 1.82) is 0 Å². The van der Waals surface area contributed by atoms with E-state index in [2.05, 4.69) is 36.5 Å². The fourth-order valence-electron chi connectivity index (χ4n) is 1.80. The standard InChI is InChI=1S/C13H23N3OS/c1-10(9-12-7-6-11(2)18-12)15-8-4-3-5-13(14)16-17/h6-7,10,15,17H,3-5,8-9H2,1-2H3,(H2,14,16). The van der Waals surface area contributed by atoms with Gasteiger partial charge >= 0.3 is 0 Å². The summed E-state index contributed by atoms with van der Waals surface area (Å²) >= 11 is 1.87. The van der Waals surface area contributed by atoms with E-state index in [0.29, 0.717) is 18.3 Å². The summed E-state index contributed by atoms with van der Waals surface area (Å²) < 4.78 is 0. The highest BCUT2D eigenvalue weighted by molar-refractivity contribution is 7.11. The fraction of sp³-hybridized carbons (Fsp3) is 0.615. The number of rotatable bonds is 8. The zero-order chi connectivity index (χ0) is 13.4. The molecule has 1 aromatic heterocycles. The minimum atomic E-state index is 0.317. The van der Waals surface area contributed by atoms with E-state index in [-0.39, 0.29) is 0 Å². The molecule has 1 atom stereocenters. The van der Waals surface area contributed by atoms with Gasteiger partial charge in [-0.25, -0.2) is 0 Å². The molecule has 1 aromatic rings. The second kappa shape index (κ2) is 8.11. The third kappa shape index (κ3) is 6.02. The number of hydrogen-bond acceptors (Lipinski definition) is 4. The van der Waals surface area contributed by atoms with Crippen LogP contribution in [0.25, 0.3) is 0 Å². The molecule has 0 spiro atoms. The quantitative estimate of drug-likeness (QED) is 0.223. The first-order valence-electron chi connectivity index (χ1n) is 6.37. The van der Waals surface area contributed by atoms with Gasteiger partial charge in [-0.2, -0.15) is 0 Å². The van der Waals surface area contributed by atoms with Crippen LogP contribution in [0.1, 0.15) is 35.9 Å². The van der Waals surface area contributed by atoms with Gasteiger partial charge in [-0.15, -0.1) is 11.3 Å². The third-order valence-electron chi connectivity index (χ3n) is 2.78. The number of oxime groups is 1. The van der Waals surface area contributed by atoms with Crippen LogP contribution in [0.15, 0.2) is 17.3 Å². The summed E-state index contributed by atoms with van der Waals surface area (Å²) in [4.78, 5) is 2.81. The van der Waals surface area contributed by atoms with Crippen molar-refractivity contribution in [3.05, 3.63) is 21.9 Å². The molecule has 4 nitrogen and oxygen atoms in total. The molecule has 0 amide bonds. The maximum atomic E-state index is 8.39. The van der Waals surface area contributed by atoms with E-state index in [1.165, 1.54) is 9.75 Å². The molecule has 0 saturated carbocycles. The average Bonchev–Trinajstić information content (AvgIpc) is 2.73. The maximum absolute atomic E-state index is 8.39. The van der Waals surface area contributed by atoms with Crippen molar-refractivity contribution in [2.75, 3.05) is 6.54 Å². The lowest BCUT2D eigenvalue weighted by molar-refractivity contribution is 0.316. The lowest BCUT2D eigenvalue weighted by Crippen LogP contribution is -2.28. The highest BCUT2D eigenvalue weighted by atomic mass is 32.1. The van der Waals surface area contributed by atoms with E-state index >= 15 is 0 Å². The van der Waals surface area contributed by atoms with Crippen molar-refractivity contribution in [1.82, 2.24) is 5.32 Å². The van der Waals surface area contributed by atoms with Crippen LogP contribution in [-0.4, -0.2) is 23.6 Å². The Morgan fingerprint density at radius 2 is 2.28 bits per heavy atom. The molecule has 0 aliphatic carbocycles. The van der Waals surface area contributed by atoms with Crippen LogP contribution >= 0.6 is 11.3 Å². The largest absolute Gasteiger partial charge is 0.409 e. The predicted molar refractivity (Wildman–Crippen MR) is 77.5 cm³/mol. The first-order chi connectivity index (χ1) is 8.61. The highest BCUT2D eigenvalue weighted by Gasteiger charge is 2.04. The topological polar surface area (TPSA) is 70.6 Å². The van der Waals surface area contributed by atoms with Crippen LogP contribution in [-0.2, 0) is 6.42 Å². The van der Waals surface area contributed by atoms with Gasteiger partial charge in [0, 0.05) is 22.2 Å². The van der Waals surface area contributed by atoms with Gasteiger partial charge in [-0.3, -0.25) is 0 Å². The molecule has 0 saturated heterocycles. The molecule has 1 heterocycles. The second-order valence-electron chi connectivity index (χ2n) is 4.62. The van der Waals surface area contributed by atoms with E-state index in [0.717, 1.165) is 25.8 Å². The van der Waals surface area contributed by atoms with E-state index in [1.807, 2.05) is 11.3 Å². The van der Waals surface area contributed by atoms with Crippen LogP contribution < -0.4 is 11.1 Å². The Hall–Kier alpha value is -1.07. The van der Waals surface area contributed by atoms with Crippen molar-refractivity contribution in [2.45, 2.75) is 45.6 Å². The second-order valence-corrected chi connectivity index (χ2v) is 5.99. The summed E-state index contributed by atoms with van der Waals surface area (Å²) in [5.74, 6) is 0.317. The Balaban J connectivity index is 2.08. The monoisotopic (exact) mass is 269 g/mol. The minimum Gasteiger partial charge on any atom is -0.409 e. The number of amidine groups is 1. The molecule has 0 aromatic carbocycles. The van der Waals surface area contributed by atoms with Crippen molar-refractivity contribution in [3.8, 4) is 0 Å². The molecule has 102 valence electrons. The van der Waals surface area contributed by atoms with E-state index in [1.54, 1.807) is 0 Å². The van der Waals surface area contributed by atoms with Crippen LogP contribution in [0, 0.1) is 6.92 Å². The number of thiophene rings is 1. The number of aryl methyl sites for hydroxylation is 1. The maximum Gasteiger partial charge on any atom is 0.139 e. The van der Waals surface area contributed by atoms with E-state index in [4.69, 9.17) is 10.9 Å². The number of nitrogens with zero attached hydrogens (tertiary/aromatic N) is 1. The van der Waals surface area contributed by atoms with Crippen LogP contribution in [0.5, 0.6) is 0 Å². The Morgan fingerprint density at radius 3 is 2.89 bits per heavy atom. The normalized spacial score (nSPS) is 13.8. The van der Waals surface area contributed by atoms with E-state index in [9.17, 15) is 0 Å². The van der Waals surface area contributed by atoms with Crippen molar-refractivity contribution < 1.29 is 5.21 Å². The molecular formula is C13H23N3OS. The van der Waals surface area contributed by atoms with Gasteiger partial charge in [0.2, 0.25) is 0 Å². The SMILES string of the molecule is Cc1ccc(CC(C)NCCCCC(N)=NO)s1. The lowest BCUT2D eigenvalue weighted by Gasteiger charge is -2.12. The Kier molecular flexibility index (Phi) is 6.75. The molecule has 1 rings (SSSR count). The minimum absolute atomic E-state index is 0.317. The molecule has 1 unspecified atom stereocenters. The Morgan fingerprint density at radius 1 is 1.50 bits per heavy atom. The zero-order valence-electron chi connectivity index (χ0n) is 11.1. The van der Waals surface area contributed by atoms with Gasteiger partial charge in [0.15, 0.2) is 0 Å². The molecule has 0 fully saturated rings. The molecule has 0 aliphatic heterocycles. The summed E-state index contributed by atoms with van der Waals surface area (Å²) in [5.41, 5.74) is 5.40. The molecule has 18 heavy (non-hydrogen) atoms. The molecule has 5 heteroatoms. The van der Waals surface area contributed by atoms with Crippen LogP contribution in [0.4, 0.5) is 0 Å². The summed E-state index contributed by atoms with van der Waals surface area (Å²) in [5, 5.41) is 14.8. The van der Waals surface area contributed by atoms with E-state index < -0.39 is 0 Å². The predicted octanol–water partition coefficient (Wildman–Crippen LogP) is 2.49. The van der Waals surface area contributed by atoms with Gasteiger partial charge in [0.1, 0.15) is 5.84 Å². The molecular weight excluding hydrogens is 246 g/mol. The van der Waals surface area contributed by atoms with Crippen molar-refractivity contribution in [3.63, 3.8) is 0 Å². The van der Waals surface area contributed by atoms with Gasteiger partial charge in [0.25, 0.3) is 0 Å². The van der Waals surface area contributed by atoms with Crippen LogP contribution in [0.2, 0.25) is 0 Å². The molecule has 0 bridgehead atoms. The van der Waals surface area contributed by atoms with Gasteiger partial charge in [-0.05, 0) is 51.8 Å². The van der Waals surface area contributed by atoms with Crippen molar-refractivity contribution in [2.24, 2.45) is 10.9 Å². The van der Waals surface area contributed by atoms with Crippen LogP contribution in [0.3, 0.4) is 0 Å². The summed E-state index contributed by atoms with van der Waals surface area (Å²) in [6, 6.07) is 4.87. The smallest absolute Gasteiger partial charge is 0.139 e. The number of nitrogens with two attached hydrogens (primary N) is 1. The summed E-state index contributed by atoms with van der Waals surface area (Å²) in [7, 11) is 0. The van der Waals surface area contributed by atoms with Gasteiger partial charge < -0.3 is 16.3 Å². The highest BCUT2D eigenvalue weighted by Crippen LogP contribution is 2.16. The summed E-state index contributed by atoms with van der Waals surface area (Å²) in [6.07, 6.45) is 3.74.